The third-order valence-corrected chi connectivity index (χ3v) is 1.35. The fourth-order valence-electron chi connectivity index (χ4n) is 0.480. The van der Waals surface area contributed by atoms with Gasteiger partial charge in [-0.05, 0) is 18.6 Å². The molecule has 0 spiro atoms. The Kier molecular flexibility index (Phi) is 5.26. The summed E-state index contributed by atoms with van der Waals surface area (Å²) < 4.78 is 0.861. The fourth-order valence-corrected chi connectivity index (χ4v) is 0.612. The van der Waals surface area contributed by atoms with Gasteiger partial charge in [0.2, 0.25) is 0 Å². The maximum absolute atomic E-state index is 5.40. The highest BCUT2D eigenvalue weighted by molar-refractivity contribution is 9.11. The van der Waals surface area contributed by atoms with Crippen LogP contribution in [0.25, 0.3) is 0 Å². The summed E-state index contributed by atoms with van der Waals surface area (Å²) in [6.07, 6.45) is 5.80. The molecule has 0 saturated heterocycles. The molecule has 0 amide bonds. The van der Waals surface area contributed by atoms with Gasteiger partial charge >= 0.3 is 0 Å². The number of allylic oxidation sites excluding steroid dienone is 3. The Morgan fingerprint density at radius 1 is 1.60 bits per heavy atom. The van der Waals surface area contributed by atoms with Crippen molar-refractivity contribution in [1.29, 1.82) is 0 Å². The number of halogens is 1. The van der Waals surface area contributed by atoms with E-state index in [4.69, 9.17) is 5.73 Å². The summed E-state index contributed by atoms with van der Waals surface area (Å²) in [7, 11) is 0. The lowest BCUT2D eigenvalue weighted by molar-refractivity contribution is 1.18. The molecule has 2 N–H and O–H groups in total. The quantitative estimate of drug-likeness (QED) is 0.698. The van der Waals surface area contributed by atoms with Crippen LogP contribution in [0.15, 0.2) is 34.9 Å². The van der Waals surface area contributed by atoms with E-state index in [2.05, 4.69) is 22.5 Å². The van der Waals surface area contributed by atoms with Crippen molar-refractivity contribution in [3.8, 4) is 0 Å². The van der Waals surface area contributed by atoms with Gasteiger partial charge in [-0.15, -0.1) is 0 Å². The van der Waals surface area contributed by atoms with Crippen molar-refractivity contribution < 1.29 is 0 Å². The van der Waals surface area contributed by atoms with E-state index in [9.17, 15) is 0 Å². The molecule has 2 heteroatoms. The molecule has 10 heavy (non-hydrogen) atoms. The van der Waals surface area contributed by atoms with Crippen LogP contribution in [0, 0.1) is 0 Å². The highest BCUT2D eigenvalue weighted by Gasteiger charge is 1.83. The SMILES string of the molecule is C=C(Br)/C=C\C(=C/C)CN. The minimum atomic E-state index is 0.577. The molecule has 0 fully saturated rings. The molecule has 0 rings (SSSR count). The lowest BCUT2D eigenvalue weighted by Gasteiger charge is -1.92. The monoisotopic (exact) mass is 201 g/mol. The van der Waals surface area contributed by atoms with Crippen molar-refractivity contribution in [2.75, 3.05) is 6.54 Å². The van der Waals surface area contributed by atoms with Gasteiger partial charge < -0.3 is 5.73 Å². The molecule has 56 valence electrons. The highest BCUT2D eigenvalue weighted by Crippen LogP contribution is 2.04. The van der Waals surface area contributed by atoms with E-state index in [1.165, 1.54) is 0 Å². The third-order valence-electron chi connectivity index (χ3n) is 1.08. The molecule has 1 nitrogen and oxygen atoms in total. The van der Waals surface area contributed by atoms with E-state index in [0.717, 1.165) is 10.1 Å². The second-order valence-electron chi connectivity index (χ2n) is 1.85. The van der Waals surface area contributed by atoms with Gasteiger partial charge in [-0.2, -0.15) is 0 Å². The Morgan fingerprint density at radius 2 is 2.20 bits per heavy atom. The van der Waals surface area contributed by atoms with Crippen molar-refractivity contribution in [3.63, 3.8) is 0 Å². The van der Waals surface area contributed by atoms with Crippen molar-refractivity contribution in [2.45, 2.75) is 6.92 Å². The summed E-state index contributed by atoms with van der Waals surface area (Å²) in [5.41, 5.74) is 6.52. The average Bonchev–Trinajstić information content (AvgIpc) is 1.90. The van der Waals surface area contributed by atoms with Crippen LogP contribution in [-0.2, 0) is 0 Å². The van der Waals surface area contributed by atoms with Crippen molar-refractivity contribution >= 4 is 15.9 Å². The van der Waals surface area contributed by atoms with Gasteiger partial charge in [0.05, 0.1) is 0 Å². The molecule has 0 saturated carbocycles. The molecule has 0 bridgehead atoms. The van der Waals surface area contributed by atoms with Crippen LogP contribution in [-0.4, -0.2) is 6.54 Å². The third kappa shape index (κ3) is 4.53. The first-order valence-corrected chi connectivity index (χ1v) is 3.87. The number of rotatable bonds is 3. The van der Waals surface area contributed by atoms with Gasteiger partial charge in [0.1, 0.15) is 0 Å². The van der Waals surface area contributed by atoms with Gasteiger partial charge in [-0.1, -0.05) is 34.7 Å². The Labute approximate surface area is 70.4 Å². The van der Waals surface area contributed by atoms with Crippen LogP contribution < -0.4 is 5.73 Å². The number of hydrogen-bond donors (Lipinski definition) is 1. The predicted molar refractivity (Wildman–Crippen MR) is 50.0 cm³/mol. The van der Waals surface area contributed by atoms with Crippen LogP contribution in [0.4, 0.5) is 0 Å². The molecule has 0 aliphatic carbocycles. The molecule has 0 atom stereocenters. The van der Waals surface area contributed by atoms with Gasteiger partial charge in [0, 0.05) is 11.0 Å². The van der Waals surface area contributed by atoms with Gasteiger partial charge in [0.25, 0.3) is 0 Å². The zero-order chi connectivity index (χ0) is 7.98. The van der Waals surface area contributed by atoms with E-state index >= 15 is 0 Å². The van der Waals surface area contributed by atoms with E-state index in [-0.39, 0.29) is 0 Å². The first-order valence-electron chi connectivity index (χ1n) is 3.08. The zero-order valence-electron chi connectivity index (χ0n) is 6.10. The van der Waals surface area contributed by atoms with Crippen LogP contribution in [0.2, 0.25) is 0 Å². The van der Waals surface area contributed by atoms with Crippen LogP contribution >= 0.6 is 15.9 Å². The molecular weight excluding hydrogens is 190 g/mol. The number of hydrogen-bond acceptors (Lipinski definition) is 1. The Balaban J connectivity index is 3.98. The molecule has 0 aliphatic heterocycles. The molecular formula is C8H12BrN. The molecule has 0 unspecified atom stereocenters. The van der Waals surface area contributed by atoms with Gasteiger partial charge in [0.15, 0.2) is 0 Å². The lowest BCUT2D eigenvalue weighted by atomic mass is 10.2. The Morgan fingerprint density at radius 3 is 2.50 bits per heavy atom. The Bertz CT molecular complexity index is 168. The van der Waals surface area contributed by atoms with Crippen molar-refractivity contribution in [3.05, 3.63) is 34.9 Å². The maximum atomic E-state index is 5.40. The van der Waals surface area contributed by atoms with Crippen LogP contribution in [0.5, 0.6) is 0 Å². The van der Waals surface area contributed by atoms with Gasteiger partial charge in [-0.25, -0.2) is 0 Å². The zero-order valence-corrected chi connectivity index (χ0v) is 7.69. The largest absolute Gasteiger partial charge is 0.327 e. The standard InChI is InChI=1S/C8H12BrN/c1-3-8(6-10)5-4-7(2)9/h3-5H,2,6,10H2,1H3/b5-4-,8-3+. The molecule has 0 aliphatic rings. The fraction of sp³-hybridized carbons (Fsp3) is 0.250. The van der Waals surface area contributed by atoms with Crippen molar-refractivity contribution in [2.24, 2.45) is 5.73 Å². The molecule has 0 radical (unpaired) electrons. The summed E-state index contributed by atoms with van der Waals surface area (Å²) in [6.45, 7) is 6.20. The smallest absolute Gasteiger partial charge is 0.0174 e. The second kappa shape index (κ2) is 5.45. The number of nitrogens with two attached hydrogens (primary N) is 1. The van der Waals surface area contributed by atoms with Crippen molar-refractivity contribution in [1.82, 2.24) is 0 Å². The normalized spacial score (nSPS) is 12.5. The summed E-state index contributed by atoms with van der Waals surface area (Å²) in [5, 5.41) is 0. The summed E-state index contributed by atoms with van der Waals surface area (Å²) >= 11 is 3.21. The maximum Gasteiger partial charge on any atom is 0.0174 e. The van der Waals surface area contributed by atoms with E-state index in [0.29, 0.717) is 6.54 Å². The topological polar surface area (TPSA) is 26.0 Å². The predicted octanol–water partition coefficient (Wildman–Crippen LogP) is 2.36. The summed E-state index contributed by atoms with van der Waals surface area (Å²) in [5.74, 6) is 0. The van der Waals surface area contributed by atoms with E-state index in [1.807, 2.05) is 25.2 Å². The average molecular weight is 202 g/mol. The molecule has 0 aromatic carbocycles. The second-order valence-corrected chi connectivity index (χ2v) is 2.87. The summed E-state index contributed by atoms with van der Waals surface area (Å²) in [6, 6.07) is 0. The highest BCUT2D eigenvalue weighted by atomic mass is 79.9. The summed E-state index contributed by atoms with van der Waals surface area (Å²) in [4.78, 5) is 0. The van der Waals surface area contributed by atoms with E-state index in [1.54, 1.807) is 0 Å². The minimum Gasteiger partial charge on any atom is -0.327 e. The minimum absolute atomic E-state index is 0.577. The van der Waals surface area contributed by atoms with Crippen LogP contribution in [0.1, 0.15) is 6.92 Å². The van der Waals surface area contributed by atoms with E-state index < -0.39 is 0 Å². The Hall–Kier alpha value is -0.340. The lowest BCUT2D eigenvalue weighted by Crippen LogP contribution is -1.99. The molecule has 0 aromatic rings. The first-order chi connectivity index (χ1) is 4.70. The first kappa shape index (κ1) is 9.66. The molecule has 0 aromatic heterocycles. The van der Waals surface area contributed by atoms with Crippen LogP contribution in [0.3, 0.4) is 0 Å². The van der Waals surface area contributed by atoms with Gasteiger partial charge in [-0.3, -0.25) is 0 Å². The molecule has 0 heterocycles.